The third-order valence-electron chi connectivity index (χ3n) is 8.39. The van der Waals surface area contributed by atoms with E-state index < -0.39 is 0 Å². The van der Waals surface area contributed by atoms with Crippen molar-refractivity contribution in [2.75, 3.05) is 45.2 Å². The van der Waals surface area contributed by atoms with Gasteiger partial charge in [-0.2, -0.15) is 0 Å². The quantitative estimate of drug-likeness (QED) is 0.281. The number of ether oxygens (including phenoxy) is 1. The first-order valence-corrected chi connectivity index (χ1v) is 15.8. The fraction of sp³-hybridized carbons (Fsp3) is 0.412. The third kappa shape index (κ3) is 8.21. The zero-order valence-electron chi connectivity index (χ0n) is 24.4. The Hall–Kier alpha value is -3.20. The molecule has 2 saturated heterocycles. The molecule has 5 rings (SSSR count). The lowest BCUT2D eigenvalue weighted by molar-refractivity contribution is 0.0896. The number of carbonyl (C=O) groups is 2. The van der Waals surface area contributed by atoms with Gasteiger partial charge < -0.3 is 20.3 Å². The van der Waals surface area contributed by atoms with Crippen molar-refractivity contribution in [3.63, 3.8) is 0 Å². The second-order valence-corrected chi connectivity index (χ2v) is 12.2. The van der Waals surface area contributed by atoms with E-state index in [1.165, 1.54) is 50.8 Å². The fourth-order valence-electron chi connectivity index (χ4n) is 6.00. The first kappa shape index (κ1) is 30.3. The summed E-state index contributed by atoms with van der Waals surface area (Å²) in [6.07, 6.45) is 7.23. The SMILES string of the molecule is COc1cccc(CCNC(=O)c2cc(Br)ccc2NC(=O)c2ccc(CN3CCC(N4CCCCC4)CC3)cc2)c1. The summed E-state index contributed by atoms with van der Waals surface area (Å²) in [5, 5.41) is 5.92. The van der Waals surface area contributed by atoms with Crippen LogP contribution in [0.5, 0.6) is 5.75 Å². The highest BCUT2D eigenvalue weighted by Crippen LogP contribution is 2.24. The minimum atomic E-state index is -0.242. The highest BCUT2D eigenvalue weighted by atomic mass is 79.9. The zero-order chi connectivity index (χ0) is 29.3. The van der Waals surface area contributed by atoms with Crippen molar-refractivity contribution in [2.24, 2.45) is 0 Å². The van der Waals surface area contributed by atoms with Crippen LogP contribution in [-0.4, -0.2) is 67.5 Å². The zero-order valence-corrected chi connectivity index (χ0v) is 26.0. The number of piperidine rings is 2. The standard InChI is InChI=1S/C34H41BrN4O3/c1-42-30-7-5-6-25(22-30)14-17-36-34(41)31-23-28(35)12-13-32(31)37-33(40)27-10-8-26(9-11-27)24-38-20-15-29(16-21-38)39-18-3-2-4-19-39/h5-13,22-23,29H,2-4,14-21,24H2,1H3,(H,36,41)(H,37,40). The van der Waals surface area contributed by atoms with Crippen LogP contribution in [0.2, 0.25) is 0 Å². The highest BCUT2D eigenvalue weighted by Gasteiger charge is 2.25. The minimum Gasteiger partial charge on any atom is -0.497 e. The van der Waals surface area contributed by atoms with E-state index in [1.54, 1.807) is 19.2 Å². The molecule has 42 heavy (non-hydrogen) atoms. The summed E-state index contributed by atoms with van der Waals surface area (Å²) in [4.78, 5) is 31.4. The summed E-state index contributed by atoms with van der Waals surface area (Å²) in [6, 6.07) is 21.7. The van der Waals surface area contributed by atoms with Gasteiger partial charge in [-0.15, -0.1) is 0 Å². The van der Waals surface area contributed by atoms with E-state index in [2.05, 4.69) is 36.4 Å². The molecule has 0 bridgehead atoms. The number of methoxy groups -OCH3 is 1. The first-order chi connectivity index (χ1) is 20.5. The lowest BCUT2D eigenvalue weighted by Gasteiger charge is -2.40. The number of likely N-dealkylation sites (tertiary alicyclic amines) is 2. The number of halogens is 1. The Kier molecular flexibility index (Phi) is 10.7. The van der Waals surface area contributed by atoms with Gasteiger partial charge in [0.05, 0.1) is 18.4 Å². The van der Waals surface area contributed by atoms with E-state index in [1.807, 2.05) is 54.6 Å². The largest absolute Gasteiger partial charge is 0.497 e. The Morgan fingerprint density at radius 2 is 1.64 bits per heavy atom. The number of benzene rings is 3. The number of nitrogens with one attached hydrogen (secondary N) is 2. The van der Waals surface area contributed by atoms with Gasteiger partial charge in [0.1, 0.15) is 5.75 Å². The van der Waals surface area contributed by atoms with Crippen LogP contribution in [0.25, 0.3) is 0 Å². The van der Waals surface area contributed by atoms with Gasteiger partial charge in [0.2, 0.25) is 0 Å². The van der Waals surface area contributed by atoms with Gasteiger partial charge in [-0.3, -0.25) is 14.5 Å². The number of anilines is 1. The molecule has 0 saturated carbocycles. The van der Waals surface area contributed by atoms with Crippen molar-refractivity contribution in [1.82, 2.24) is 15.1 Å². The normalized spacial score (nSPS) is 16.6. The topological polar surface area (TPSA) is 73.9 Å². The van der Waals surface area contributed by atoms with Gasteiger partial charge in [0.15, 0.2) is 0 Å². The van der Waals surface area contributed by atoms with Gasteiger partial charge in [-0.1, -0.05) is 46.6 Å². The van der Waals surface area contributed by atoms with E-state index >= 15 is 0 Å². The van der Waals surface area contributed by atoms with Crippen molar-refractivity contribution >= 4 is 33.4 Å². The van der Waals surface area contributed by atoms with Crippen molar-refractivity contribution < 1.29 is 14.3 Å². The number of carbonyl (C=O) groups excluding carboxylic acids is 2. The van der Waals surface area contributed by atoms with Gasteiger partial charge in [0, 0.05) is 29.2 Å². The minimum absolute atomic E-state index is 0.239. The molecule has 0 atom stereocenters. The maximum atomic E-state index is 13.1. The molecule has 2 amide bonds. The molecular weight excluding hydrogens is 592 g/mol. The van der Waals surface area contributed by atoms with Crippen molar-refractivity contribution in [2.45, 2.75) is 51.1 Å². The predicted octanol–water partition coefficient (Wildman–Crippen LogP) is 6.13. The summed E-state index contributed by atoms with van der Waals surface area (Å²) in [7, 11) is 1.64. The average Bonchev–Trinajstić information content (AvgIpc) is 3.03. The Morgan fingerprint density at radius 1 is 0.881 bits per heavy atom. The van der Waals surface area contributed by atoms with Crippen LogP contribution in [0.1, 0.15) is 63.9 Å². The third-order valence-corrected chi connectivity index (χ3v) is 8.89. The van der Waals surface area contributed by atoms with Gasteiger partial charge in [-0.25, -0.2) is 0 Å². The van der Waals surface area contributed by atoms with E-state index in [4.69, 9.17) is 4.74 Å². The summed E-state index contributed by atoms with van der Waals surface area (Å²) >= 11 is 3.46. The molecule has 8 heteroatoms. The lowest BCUT2D eigenvalue weighted by Crippen LogP contribution is -2.46. The molecule has 2 heterocycles. The molecule has 2 aliphatic rings. The van der Waals surface area contributed by atoms with Crippen molar-refractivity contribution in [3.8, 4) is 5.75 Å². The number of hydrogen-bond acceptors (Lipinski definition) is 5. The molecule has 0 aromatic heterocycles. The second-order valence-electron chi connectivity index (χ2n) is 11.3. The Balaban J connectivity index is 1.13. The molecule has 2 aliphatic heterocycles. The number of amides is 2. The monoisotopic (exact) mass is 632 g/mol. The molecule has 0 aliphatic carbocycles. The molecular formula is C34H41BrN4O3. The smallest absolute Gasteiger partial charge is 0.255 e. The molecule has 0 spiro atoms. The van der Waals surface area contributed by atoms with Gasteiger partial charge in [-0.05, 0) is 112 Å². The number of nitrogens with zero attached hydrogens (tertiary/aromatic N) is 2. The van der Waals surface area contributed by atoms with Crippen LogP contribution in [0, 0.1) is 0 Å². The lowest BCUT2D eigenvalue weighted by atomic mass is 9.99. The summed E-state index contributed by atoms with van der Waals surface area (Å²) in [5.41, 5.74) is 3.73. The molecule has 0 radical (unpaired) electrons. The van der Waals surface area contributed by atoms with Crippen LogP contribution in [0.4, 0.5) is 5.69 Å². The van der Waals surface area contributed by atoms with Crippen molar-refractivity contribution in [1.29, 1.82) is 0 Å². The summed E-state index contributed by atoms with van der Waals surface area (Å²) < 4.78 is 6.05. The Morgan fingerprint density at radius 3 is 2.38 bits per heavy atom. The van der Waals surface area contributed by atoms with Gasteiger partial charge >= 0.3 is 0 Å². The average molecular weight is 634 g/mol. The number of rotatable bonds is 10. The molecule has 7 nitrogen and oxygen atoms in total. The fourth-order valence-corrected chi connectivity index (χ4v) is 6.36. The van der Waals surface area contributed by atoms with Crippen molar-refractivity contribution in [3.05, 3.63) is 93.5 Å². The molecule has 3 aromatic carbocycles. The van der Waals surface area contributed by atoms with E-state index in [-0.39, 0.29) is 11.8 Å². The maximum absolute atomic E-state index is 13.1. The predicted molar refractivity (Wildman–Crippen MR) is 171 cm³/mol. The van der Waals surface area contributed by atoms with Crippen LogP contribution in [0.15, 0.2) is 71.2 Å². The molecule has 2 N–H and O–H groups in total. The van der Waals surface area contributed by atoms with Gasteiger partial charge in [0.25, 0.3) is 11.8 Å². The molecule has 3 aromatic rings. The van der Waals surface area contributed by atoms with Crippen LogP contribution < -0.4 is 15.4 Å². The molecule has 0 unspecified atom stereocenters. The van der Waals surface area contributed by atoms with Crippen LogP contribution in [-0.2, 0) is 13.0 Å². The summed E-state index contributed by atoms with van der Waals surface area (Å²) in [6.45, 7) is 6.15. The van der Waals surface area contributed by atoms with E-state index in [0.717, 1.165) is 41.5 Å². The Labute approximate surface area is 257 Å². The molecule has 222 valence electrons. The van der Waals surface area contributed by atoms with E-state index in [9.17, 15) is 9.59 Å². The summed E-state index contributed by atoms with van der Waals surface area (Å²) in [5.74, 6) is 0.308. The number of hydrogen-bond donors (Lipinski definition) is 2. The van der Waals surface area contributed by atoms with Crippen LogP contribution in [0.3, 0.4) is 0 Å². The van der Waals surface area contributed by atoms with E-state index in [0.29, 0.717) is 29.8 Å². The Bertz CT molecular complexity index is 1350. The highest BCUT2D eigenvalue weighted by molar-refractivity contribution is 9.10. The maximum Gasteiger partial charge on any atom is 0.255 e. The van der Waals surface area contributed by atoms with Crippen LogP contribution >= 0.6 is 15.9 Å². The second kappa shape index (κ2) is 14.8. The molecule has 2 fully saturated rings. The first-order valence-electron chi connectivity index (χ1n) is 15.1.